The second-order valence-corrected chi connectivity index (χ2v) is 4.84. The number of nitrogens with one attached hydrogen (secondary N) is 1. The van der Waals surface area contributed by atoms with Gasteiger partial charge in [-0.2, -0.15) is 5.26 Å². The Morgan fingerprint density at radius 1 is 1.23 bits per heavy atom. The Hall–Kier alpha value is -3.00. The summed E-state index contributed by atoms with van der Waals surface area (Å²) < 4.78 is 0. The molecule has 0 saturated heterocycles. The summed E-state index contributed by atoms with van der Waals surface area (Å²) in [5.74, 6) is -2.11. The molecule has 5 heteroatoms. The Kier molecular flexibility index (Phi) is 4.99. The summed E-state index contributed by atoms with van der Waals surface area (Å²) in [6, 6.07) is 14.2. The van der Waals surface area contributed by atoms with Gasteiger partial charge in [-0.25, -0.2) is 4.98 Å². The van der Waals surface area contributed by atoms with Crippen molar-refractivity contribution < 1.29 is 9.59 Å². The molecule has 2 rings (SSSR count). The van der Waals surface area contributed by atoms with Crippen LogP contribution >= 0.6 is 0 Å². The molecule has 0 radical (unpaired) electrons. The average Bonchev–Trinajstić information content (AvgIpc) is 2.51. The Labute approximate surface area is 128 Å². The highest BCUT2D eigenvalue weighted by Gasteiger charge is 2.26. The summed E-state index contributed by atoms with van der Waals surface area (Å²) in [4.78, 5) is 28.2. The minimum atomic E-state index is -1.35. The van der Waals surface area contributed by atoms with Crippen LogP contribution in [0.15, 0.2) is 48.7 Å². The predicted molar refractivity (Wildman–Crippen MR) is 81.9 cm³/mol. The second kappa shape index (κ2) is 7.14. The number of carbonyl (C=O) groups excluding carboxylic acids is 2. The molecule has 1 aromatic carbocycles. The standard InChI is InChI=1S/C17H15N3O2/c1-12-6-2-3-7-13(12)10-15(21)14(11-18)17(22)20-16-8-4-5-9-19-16/h2-9,14H,10H2,1H3,(H,19,20,22)/t14-/m0/s1. The van der Waals surface area contributed by atoms with E-state index in [-0.39, 0.29) is 6.42 Å². The van der Waals surface area contributed by atoms with Gasteiger partial charge >= 0.3 is 0 Å². The Morgan fingerprint density at radius 3 is 2.59 bits per heavy atom. The van der Waals surface area contributed by atoms with Crippen LogP contribution in [-0.2, 0) is 16.0 Å². The fraction of sp³-hybridized carbons (Fsp3) is 0.176. The smallest absolute Gasteiger partial charge is 0.250 e. The van der Waals surface area contributed by atoms with Gasteiger partial charge in [-0.3, -0.25) is 9.59 Å². The van der Waals surface area contributed by atoms with Crippen LogP contribution in [0.3, 0.4) is 0 Å². The fourth-order valence-corrected chi connectivity index (χ4v) is 2.01. The molecular formula is C17H15N3O2. The van der Waals surface area contributed by atoms with Gasteiger partial charge < -0.3 is 5.32 Å². The van der Waals surface area contributed by atoms with Gasteiger partial charge in [0.15, 0.2) is 11.7 Å². The summed E-state index contributed by atoms with van der Waals surface area (Å²) in [5, 5.41) is 11.6. The summed E-state index contributed by atoms with van der Waals surface area (Å²) in [6.07, 6.45) is 1.58. The van der Waals surface area contributed by atoms with Crippen LogP contribution in [0.5, 0.6) is 0 Å². The number of benzene rings is 1. The number of carbonyl (C=O) groups is 2. The molecule has 1 atom stereocenters. The van der Waals surface area contributed by atoms with E-state index in [0.717, 1.165) is 11.1 Å². The number of ketones is 1. The lowest BCUT2D eigenvalue weighted by Gasteiger charge is -2.10. The van der Waals surface area contributed by atoms with Crippen molar-refractivity contribution in [2.75, 3.05) is 5.32 Å². The molecule has 110 valence electrons. The lowest BCUT2D eigenvalue weighted by molar-refractivity contribution is -0.128. The minimum Gasteiger partial charge on any atom is -0.309 e. The molecule has 5 nitrogen and oxygen atoms in total. The number of Topliss-reactive ketones (excluding diaryl/α,β-unsaturated/α-hetero) is 1. The summed E-state index contributed by atoms with van der Waals surface area (Å²) in [6.45, 7) is 1.89. The zero-order chi connectivity index (χ0) is 15.9. The first-order valence-electron chi connectivity index (χ1n) is 6.80. The van der Waals surface area contributed by atoms with E-state index in [1.54, 1.807) is 24.3 Å². The number of nitrogens with zero attached hydrogens (tertiary/aromatic N) is 2. The molecule has 0 saturated carbocycles. The molecule has 0 bridgehead atoms. The predicted octanol–water partition coefficient (Wildman–Crippen LogP) is 2.28. The maximum atomic E-state index is 12.2. The number of pyridine rings is 1. The molecule has 0 aliphatic rings. The van der Waals surface area contributed by atoms with E-state index >= 15 is 0 Å². The van der Waals surface area contributed by atoms with E-state index in [1.165, 1.54) is 6.20 Å². The number of hydrogen-bond acceptors (Lipinski definition) is 4. The Bertz CT molecular complexity index is 720. The van der Waals surface area contributed by atoms with Gasteiger partial charge in [0.2, 0.25) is 0 Å². The number of anilines is 1. The molecule has 0 spiro atoms. The molecule has 1 aromatic heterocycles. The van der Waals surface area contributed by atoms with Crippen LogP contribution in [0, 0.1) is 24.2 Å². The van der Waals surface area contributed by atoms with Crippen molar-refractivity contribution in [2.45, 2.75) is 13.3 Å². The zero-order valence-corrected chi connectivity index (χ0v) is 12.1. The number of rotatable bonds is 5. The van der Waals surface area contributed by atoms with Crippen LogP contribution < -0.4 is 5.32 Å². The van der Waals surface area contributed by atoms with Crippen LogP contribution in [0.2, 0.25) is 0 Å². The number of aromatic nitrogens is 1. The topological polar surface area (TPSA) is 82.8 Å². The van der Waals surface area contributed by atoms with Crippen molar-refractivity contribution in [3.8, 4) is 6.07 Å². The number of amides is 1. The molecule has 1 amide bonds. The van der Waals surface area contributed by atoms with Crippen molar-refractivity contribution in [2.24, 2.45) is 5.92 Å². The molecule has 0 fully saturated rings. The molecule has 22 heavy (non-hydrogen) atoms. The van der Waals surface area contributed by atoms with E-state index in [9.17, 15) is 9.59 Å². The van der Waals surface area contributed by atoms with Crippen molar-refractivity contribution in [1.82, 2.24) is 4.98 Å². The molecule has 0 aliphatic heterocycles. The first kappa shape index (κ1) is 15.4. The van der Waals surface area contributed by atoms with Gasteiger partial charge in [0.05, 0.1) is 6.07 Å². The normalized spacial score (nSPS) is 11.3. The Morgan fingerprint density at radius 2 is 1.95 bits per heavy atom. The van der Waals surface area contributed by atoms with Crippen molar-refractivity contribution in [3.05, 3.63) is 59.8 Å². The van der Waals surface area contributed by atoms with Gasteiger partial charge in [0.25, 0.3) is 5.91 Å². The minimum absolute atomic E-state index is 0.0561. The molecule has 1 N–H and O–H groups in total. The number of nitriles is 1. The molecule has 0 aliphatic carbocycles. The van der Waals surface area contributed by atoms with E-state index in [2.05, 4.69) is 10.3 Å². The van der Waals surface area contributed by atoms with Crippen LogP contribution in [-0.4, -0.2) is 16.7 Å². The highest BCUT2D eigenvalue weighted by molar-refractivity contribution is 6.09. The number of aryl methyl sites for hydroxylation is 1. The lowest BCUT2D eigenvalue weighted by atomic mass is 9.96. The van der Waals surface area contributed by atoms with E-state index in [0.29, 0.717) is 5.82 Å². The van der Waals surface area contributed by atoms with Gasteiger partial charge in [0, 0.05) is 12.6 Å². The van der Waals surface area contributed by atoms with Gasteiger partial charge in [0.1, 0.15) is 5.82 Å². The average molecular weight is 293 g/mol. The summed E-state index contributed by atoms with van der Waals surface area (Å²) in [5.41, 5.74) is 1.77. The first-order chi connectivity index (χ1) is 10.6. The van der Waals surface area contributed by atoms with E-state index in [4.69, 9.17) is 5.26 Å². The van der Waals surface area contributed by atoms with Crippen LogP contribution in [0.4, 0.5) is 5.82 Å². The van der Waals surface area contributed by atoms with Gasteiger partial charge in [-0.1, -0.05) is 30.3 Å². The second-order valence-electron chi connectivity index (χ2n) is 4.84. The van der Waals surface area contributed by atoms with Crippen LogP contribution in [0.1, 0.15) is 11.1 Å². The van der Waals surface area contributed by atoms with Crippen molar-refractivity contribution >= 4 is 17.5 Å². The quantitative estimate of drug-likeness (QED) is 0.857. The van der Waals surface area contributed by atoms with Crippen LogP contribution in [0.25, 0.3) is 0 Å². The third kappa shape index (κ3) is 3.76. The monoisotopic (exact) mass is 293 g/mol. The lowest BCUT2D eigenvalue weighted by Crippen LogP contribution is -2.30. The first-order valence-corrected chi connectivity index (χ1v) is 6.80. The summed E-state index contributed by atoms with van der Waals surface area (Å²) >= 11 is 0. The largest absolute Gasteiger partial charge is 0.309 e. The SMILES string of the molecule is Cc1ccccc1CC(=O)[C@H](C#N)C(=O)Nc1ccccn1. The zero-order valence-electron chi connectivity index (χ0n) is 12.1. The van der Waals surface area contributed by atoms with Crippen molar-refractivity contribution in [3.63, 3.8) is 0 Å². The molecule has 2 aromatic rings. The molecular weight excluding hydrogens is 278 g/mol. The fourth-order valence-electron chi connectivity index (χ4n) is 2.01. The van der Waals surface area contributed by atoms with Gasteiger partial charge in [-0.15, -0.1) is 0 Å². The Balaban J connectivity index is 2.08. The third-order valence-electron chi connectivity index (χ3n) is 3.26. The highest BCUT2D eigenvalue weighted by Crippen LogP contribution is 2.12. The number of hydrogen-bond donors (Lipinski definition) is 1. The van der Waals surface area contributed by atoms with Crippen molar-refractivity contribution in [1.29, 1.82) is 5.26 Å². The third-order valence-corrected chi connectivity index (χ3v) is 3.26. The van der Waals surface area contributed by atoms with E-state index < -0.39 is 17.6 Å². The maximum Gasteiger partial charge on any atom is 0.250 e. The molecule has 1 heterocycles. The maximum absolute atomic E-state index is 12.2. The molecule has 0 unspecified atom stereocenters. The van der Waals surface area contributed by atoms with E-state index in [1.807, 2.05) is 31.2 Å². The van der Waals surface area contributed by atoms with Gasteiger partial charge in [-0.05, 0) is 30.2 Å². The highest BCUT2D eigenvalue weighted by atomic mass is 16.2. The summed E-state index contributed by atoms with van der Waals surface area (Å²) in [7, 11) is 0.